The topological polar surface area (TPSA) is 61.5 Å². The molecule has 0 amide bonds. The van der Waals surface area contributed by atoms with Crippen LogP contribution in [-0.4, -0.2) is 18.7 Å². The number of hydrogen-bond acceptors (Lipinski definition) is 4. The summed E-state index contributed by atoms with van der Waals surface area (Å²) in [4.78, 5) is 12.4. The van der Waals surface area contributed by atoms with Gasteiger partial charge < -0.3 is 15.2 Å². The first-order chi connectivity index (χ1) is 10.0. The van der Waals surface area contributed by atoms with Gasteiger partial charge >= 0.3 is 5.97 Å². The van der Waals surface area contributed by atoms with Gasteiger partial charge in [0.1, 0.15) is 11.7 Å². The number of hydrogen-bond donors (Lipinski definition) is 1. The molecule has 1 saturated carbocycles. The van der Waals surface area contributed by atoms with Crippen molar-refractivity contribution >= 4 is 11.7 Å². The first-order valence-corrected chi connectivity index (χ1v) is 7.73. The Morgan fingerprint density at radius 1 is 1.24 bits per heavy atom. The molecule has 4 nitrogen and oxygen atoms in total. The van der Waals surface area contributed by atoms with E-state index in [4.69, 9.17) is 15.2 Å². The van der Waals surface area contributed by atoms with Crippen molar-refractivity contribution in [3.63, 3.8) is 0 Å². The van der Waals surface area contributed by atoms with Crippen molar-refractivity contribution in [2.45, 2.75) is 46.1 Å². The van der Waals surface area contributed by atoms with E-state index in [0.717, 1.165) is 12.8 Å². The molecule has 0 radical (unpaired) electrons. The van der Waals surface area contributed by atoms with Crippen molar-refractivity contribution in [1.82, 2.24) is 0 Å². The summed E-state index contributed by atoms with van der Waals surface area (Å²) in [5.74, 6) is 1.29. The van der Waals surface area contributed by atoms with E-state index < -0.39 is 0 Å². The molecule has 0 saturated heterocycles. The Bertz CT molecular complexity index is 491. The molecule has 0 aromatic heterocycles. The van der Waals surface area contributed by atoms with Crippen LogP contribution in [0.1, 0.15) is 50.4 Å². The molecule has 0 heterocycles. The number of carbonyl (C=O) groups excluding carboxylic acids is 1. The lowest BCUT2D eigenvalue weighted by Crippen LogP contribution is -2.28. The van der Waals surface area contributed by atoms with Gasteiger partial charge in [0.15, 0.2) is 5.75 Å². The molecule has 21 heavy (non-hydrogen) atoms. The van der Waals surface area contributed by atoms with E-state index in [1.807, 2.05) is 6.92 Å². The number of para-hydroxylation sites is 1. The number of nitrogens with two attached hydrogens (primary N) is 1. The van der Waals surface area contributed by atoms with E-state index >= 15 is 0 Å². The van der Waals surface area contributed by atoms with Gasteiger partial charge in [0, 0.05) is 0 Å². The van der Waals surface area contributed by atoms with Crippen LogP contribution >= 0.6 is 0 Å². The number of carbonyl (C=O) groups is 1. The molecule has 1 aliphatic rings. The Labute approximate surface area is 126 Å². The van der Waals surface area contributed by atoms with Gasteiger partial charge in [-0.25, -0.2) is 4.79 Å². The molecule has 0 aliphatic heterocycles. The van der Waals surface area contributed by atoms with Crippen molar-refractivity contribution in [2.75, 3.05) is 12.3 Å². The van der Waals surface area contributed by atoms with Crippen molar-refractivity contribution in [3.05, 3.63) is 23.8 Å². The smallest absolute Gasteiger partial charge is 0.342 e. The SMILES string of the molecule is CCOc1c(N)cccc1C(=O)OC1CC(C)CC(C)C1. The maximum absolute atomic E-state index is 12.4. The summed E-state index contributed by atoms with van der Waals surface area (Å²) in [7, 11) is 0. The van der Waals surface area contributed by atoms with Crippen LogP contribution in [0, 0.1) is 11.8 Å². The minimum Gasteiger partial charge on any atom is -0.491 e. The Morgan fingerprint density at radius 2 is 1.90 bits per heavy atom. The largest absolute Gasteiger partial charge is 0.491 e. The molecule has 2 N–H and O–H groups in total. The second-order valence-corrected chi connectivity index (χ2v) is 6.10. The molecule has 1 aliphatic carbocycles. The van der Waals surface area contributed by atoms with E-state index in [1.165, 1.54) is 6.42 Å². The van der Waals surface area contributed by atoms with Gasteiger partial charge in [-0.05, 0) is 50.2 Å². The zero-order valence-corrected chi connectivity index (χ0v) is 13.1. The van der Waals surface area contributed by atoms with Gasteiger partial charge in [-0.15, -0.1) is 0 Å². The summed E-state index contributed by atoms with van der Waals surface area (Å²) in [6.45, 7) is 6.75. The van der Waals surface area contributed by atoms with Crippen LogP contribution in [0.2, 0.25) is 0 Å². The zero-order valence-electron chi connectivity index (χ0n) is 13.1. The molecule has 0 spiro atoms. The lowest BCUT2D eigenvalue weighted by molar-refractivity contribution is 0.00774. The summed E-state index contributed by atoms with van der Waals surface area (Å²) in [6.07, 6.45) is 3.06. The lowest BCUT2D eigenvalue weighted by Gasteiger charge is -2.31. The summed E-state index contributed by atoms with van der Waals surface area (Å²) in [6, 6.07) is 5.19. The first-order valence-electron chi connectivity index (χ1n) is 7.73. The predicted molar refractivity (Wildman–Crippen MR) is 83.4 cm³/mol. The number of benzene rings is 1. The third-order valence-corrected chi connectivity index (χ3v) is 3.96. The van der Waals surface area contributed by atoms with Crippen LogP contribution < -0.4 is 10.5 Å². The molecular formula is C17H25NO3. The molecular weight excluding hydrogens is 266 g/mol. The fourth-order valence-electron chi connectivity index (χ4n) is 3.21. The minimum absolute atomic E-state index is 0.00726. The van der Waals surface area contributed by atoms with Crippen LogP contribution in [-0.2, 0) is 4.74 Å². The summed E-state index contributed by atoms with van der Waals surface area (Å²) in [5, 5.41) is 0. The Kier molecular flexibility index (Phi) is 5.10. The highest BCUT2D eigenvalue weighted by atomic mass is 16.5. The quantitative estimate of drug-likeness (QED) is 0.679. The average molecular weight is 291 g/mol. The van der Waals surface area contributed by atoms with Crippen molar-refractivity contribution in [3.8, 4) is 5.75 Å². The fraction of sp³-hybridized carbons (Fsp3) is 0.588. The lowest BCUT2D eigenvalue weighted by atomic mass is 9.82. The molecule has 2 unspecified atom stereocenters. The van der Waals surface area contributed by atoms with E-state index in [0.29, 0.717) is 35.4 Å². The number of nitrogen functional groups attached to an aromatic ring is 1. The normalized spacial score (nSPS) is 25.4. The van der Waals surface area contributed by atoms with Gasteiger partial charge in [0.2, 0.25) is 0 Å². The molecule has 2 rings (SSSR count). The summed E-state index contributed by atoms with van der Waals surface area (Å²) < 4.78 is 11.2. The van der Waals surface area contributed by atoms with Crippen molar-refractivity contribution in [2.24, 2.45) is 11.8 Å². The summed E-state index contributed by atoms with van der Waals surface area (Å²) >= 11 is 0. The Morgan fingerprint density at radius 3 is 2.52 bits per heavy atom. The maximum atomic E-state index is 12.4. The number of rotatable bonds is 4. The maximum Gasteiger partial charge on any atom is 0.342 e. The van der Waals surface area contributed by atoms with Crippen molar-refractivity contribution < 1.29 is 14.3 Å². The molecule has 1 aromatic carbocycles. The molecule has 0 bridgehead atoms. The highest BCUT2D eigenvalue weighted by Crippen LogP contribution is 2.32. The molecule has 1 aromatic rings. The number of ether oxygens (including phenoxy) is 2. The molecule has 1 fully saturated rings. The monoisotopic (exact) mass is 291 g/mol. The predicted octanol–water partition coefficient (Wildman–Crippen LogP) is 3.65. The van der Waals surface area contributed by atoms with Crippen LogP contribution in [0.3, 0.4) is 0 Å². The third-order valence-electron chi connectivity index (χ3n) is 3.96. The van der Waals surface area contributed by atoms with Crippen LogP contribution in [0.25, 0.3) is 0 Å². The Balaban J connectivity index is 2.11. The second-order valence-electron chi connectivity index (χ2n) is 6.10. The zero-order chi connectivity index (χ0) is 15.4. The van der Waals surface area contributed by atoms with E-state index in [2.05, 4.69) is 13.8 Å². The van der Waals surface area contributed by atoms with Crippen LogP contribution in [0.4, 0.5) is 5.69 Å². The first kappa shape index (κ1) is 15.7. The standard InChI is InChI=1S/C17H25NO3/c1-4-20-16-14(6-5-7-15(16)18)17(19)21-13-9-11(2)8-12(3)10-13/h5-7,11-13H,4,8-10,18H2,1-3H3. The molecule has 4 heteroatoms. The van der Waals surface area contributed by atoms with Gasteiger partial charge in [0.25, 0.3) is 0 Å². The average Bonchev–Trinajstić information content (AvgIpc) is 2.40. The fourth-order valence-corrected chi connectivity index (χ4v) is 3.21. The van der Waals surface area contributed by atoms with Crippen molar-refractivity contribution in [1.29, 1.82) is 0 Å². The van der Waals surface area contributed by atoms with Gasteiger partial charge in [-0.1, -0.05) is 19.9 Å². The minimum atomic E-state index is -0.336. The molecule has 116 valence electrons. The van der Waals surface area contributed by atoms with E-state index in [1.54, 1.807) is 18.2 Å². The van der Waals surface area contributed by atoms with E-state index in [9.17, 15) is 4.79 Å². The number of esters is 1. The van der Waals surface area contributed by atoms with Gasteiger partial charge in [0.05, 0.1) is 12.3 Å². The Hall–Kier alpha value is -1.71. The highest BCUT2D eigenvalue weighted by Gasteiger charge is 2.28. The summed E-state index contributed by atoms with van der Waals surface area (Å²) in [5.41, 5.74) is 6.78. The van der Waals surface area contributed by atoms with Gasteiger partial charge in [-0.2, -0.15) is 0 Å². The second kappa shape index (κ2) is 6.83. The van der Waals surface area contributed by atoms with Crippen LogP contribution in [0.15, 0.2) is 18.2 Å². The number of anilines is 1. The van der Waals surface area contributed by atoms with E-state index in [-0.39, 0.29) is 12.1 Å². The third kappa shape index (κ3) is 3.90. The van der Waals surface area contributed by atoms with Gasteiger partial charge in [-0.3, -0.25) is 0 Å². The van der Waals surface area contributed by atoms with Crippen LogP contribution in [0.5, 0.6) is 5.75 Å². The highest BCUT2D eigenvalue weighted by molar-refractivity contribution is 5.94. The molecule has 2 atom stereocenters.